The molecule has 0 bridgehead atoms. The fourth-order valence-electron chi connectivity index (χ4n) is 3.59. The van der Waals surface area contributed by atoms with E-state index in [9.17, 15) is 0 Å². The minimum Gasteiger partial charge on any atom is -0.495 e. The summed E-state index contributed by atoms with van der Waals surface area (Å²) in [7, 11) is 3.72. The van der Waals surface area contributed by atoms with Crippen molar-refractivity contribution in [2.24, 2.45) is 5.41 Å². The number of benzene rings is 1. The molecule has 1 fully saturated rings. The van der Waals surface area contributed by atoms with Gasteiger partial charge in [0.05, 0.1) is 12.1 Å². The Morgan fingerprint density at radius 2 is 1.95 bits per heavy atom. The second-order valence-corrected chi connectivity index (χ2v) is 6.79. The SMILES string of the molecule is CNCCC1(CCc2ccc(OC)c(Cl)c2)CCCCC1. The molecular weight excluding hydrogens is 282 g/mol. The van der Waals surface area contributed by atoms with E-state index in [1.807, 2.05) is 6.07 Å². The van der Waals surface area contributed by atoms with Crippen molar-refractivity contribution in [3.05, 3.63) is 28.8 Å². The van der Waals surface area contributed by atoms with E-state index in [0.29, 0.717) is 5.41 Å². The van der Waals surface area contributed by atoms with E-state index < -0.39 is 0 Å². The highest BCUT2D eigenvalue weighted by Crippen LogP contribution is 2.43. The lowest BCUT2D eigenvalue weighted by molar-refractivity contribution is 0.157. The van der Waals surface area contributed by atoms with Crippen molar-refractivity contribution in [1.82, 2.24) is 5.32 Å². The molecule has 2 nitrogen and oxygen atoms in total. The maximum absolute atomic E-state index is 6.23. The average Bonchev–Trinajstić information content (AvgIpc) is 2.52. The number of halogens is 1. The van der Waals surface area contributed by atoms with E-state index in [1.54, 1.807) is 7.11 Å². The van der Waals surface area contributed by atoms with Crippen molar-refractivity contribution in [1.29, 1.82) is 0 Å². The third-order valence-corrected chi connectivity index (χ3v) is 5.28. The van der Waals surface area contributed by atoms with Gasteiger partial charge >= 0.3 is 0 Å². The number of hydrogen-bond acceptors (Lipinski definition) is 2. The predicted molar refractivity (Wildman–Crippen MR) is 90.4 cm³/mol. The van der Waals surface area contributed by atoms with Gasteiger partial charge in [-0.15, -0.1) is 0 Å². The molecule has 0 atom stereocenters. The fourth-order valence-corrected chi connectivity index (χ4v) is 3.87. The van der Waals surface area contributed by atoms with Crippen LogP contribution in [0.3, 0.4) is 0 Å². The number of aryl methyl sites for hydroxylation is 1. The lowest BCUT2D eigenvalue weighted by Crippen LogP contribution is -2.28. The molecule has 0 amide bonds. The van der Waals surface area contributed by atoms with Gasteiger partial charge in [-0.1, -0.05) is 36.9 Å². The highest BCUT2D eigenvalue weighted by molar-refractivity contribution is 6.32. The molecule has 0 saturated heterocycles. The molecule has 2 rings (SSSR count). The van der Waals surface area contributed by atoms with E-state index in [-0.39, 0.29) is 0 Å². The van der Waals surface area contributed by atoms with Crippen molar-refractivity contribution in [2.45, 2.75) is 51.4 Å². The standard InChI is InChI=1S/C18H28ClNO/c1-20-13-12-18(9-4-3-5-10-18)11-8-15-6-7-17(21-2)16(19)14-15/h6-7,14,20H,3-5,8-13H2,1-2H3. The van der Waals surface area contributed by atoms with Gasteiger partial charge in [0, 0.05) is 0 Å². The summed E-state index contributed by atoms with van der Waals surface area (Å²) in [6, 6.07) is 6.20. The first-order valence-corrected chi connectivity index (χ1v) is 8.54. The van der Waals surface area contributed by atoms with Gasteiger partial charge in [0.1, 0.15) is 5.75 Å². The molecule has 1 aliphatic rings. The van der Waals surface area contributed by atoms with Gasteiger partial charge in [0.2, 0.25) is 0 Å². The van der Waals surface area contributed by atoms with Gasteiger partial charge in [-0.2, -0.15) is 0 Å². The Balaban J connectivity index is 1.99. The molecular formula is C18H28ClNO. The monoisotopic (exact) mass is 309 g/mol. The number of methoxy groups -OCH3 is 1. The van der Waals surface area contributed by atoms with Gasteiger partial charge in [-0.05, 0) is 68.8 Å². The smallest absolute Gasteiger partial charge is 0.137 e. The summed E-state index contributed by atoms with van der Waals surface area (Å²) in [5.41, 5.74) is 1.86. The summed E-state index contributed by atoms with van der Waals surface area (Å²) < 4.78 is 5.23. The van der Waals surface area contributed by atoms with Crippen LogP contribution in [-0.2, 0) is 6.42 Å². The van der Waals surface area contributed by atoms with Crippen LogP contribution in [0.1, 0.15) is 50.5 Å². The van der Waals surface area contributed by atoms with Crippen LogP contribution in [0.4, 0.5) is 0 Å². The normalized spacial score (nSPS) is 17.7. The Morgan fingerprint density at radius 3 is 2.57 bits per heavy atom. The minimum absolute atomic E-state index is 0.535. The zero-order valence-electron chi connectivity index (χ0n) is 13.4. The summed E-state index contributed by atoms with van der Waals surface area (Å²) in [5.74, 6) is 0.767. The summed E-state index contributed by atoms with van der Waals surface area (Å²) in [6.45, 7) is 1.13. The minimum atomic E-state index is 0.535. The summed E-state index contributed by atoms with van der Waals surface area (Å²) in [6.07, 6.45) is 10.7. The molecule has 118 valence electrons. The van der Waals surface area contributed by atoms with E-state index in [4.69, 9.17) is 16.3 Å². The molecule has 1 N–H and O–H groups in total. The van der Waals surface area contributed by atoms with Crippen LogP contribution in [0.2, 0.25) is 5.02 Å². The maximum atomic E-state index is 6.23. The second-order valence-electron chi connectivity index (χ2n) is 6.38. The predicted octanol–water partition coefficient (Wildman–Crippen LogP) is 4.84. The van der Waals surface area contributed by atoms with E-state index in [2.05, 4.69) is 24.5 Å². The van der Waals surface area contributed by atoms with Crippen LogP contribution in [0.5, 0.6) is 5.75 Å². The van der Waals surface area contributed by atoms with E-state index in [1.165, 1.54) is 50.5 Å². The average molecular weight is 310 g/mol. The summed E-state index contributed by atoms with van der Waals surface area (Å²) in [5, 5.41) is 4.05. The van der Waals surface area contributed by atoms with Gasteiger partial charge in [0.25, 0.3) is 0 Å². The van der Waals surface area contributed by atoms with Crippen molar-refractivity contribution < 1.29 is 4.74 Å². The van der Waals surface area contributed by atoms with Crippen LogP contribution in [0, 0.1) is 5.41 Å². The first kappa shape index (κ1) is 16.6. The Labute approximate surface area is 134 Å². The second kappa shape index (κ2) is 8.05. The Morgan fingerprint density at radius 1 is 1.19 bits per heavy atom. The number of nitrogens with one attached hydrogen (secondary N) is 1. The van der Waals surface area contributed by atoms with Gasteiger partial charge in [-0.3, -0.25) is 0 Å². The van der Waals surface area contributed by atoms with Crippen molar-refractivity contribution >= 4 is 11.6 Å². The molecule has 0 spiro atoms. The summed E-state index contributed by atoms with van der Waals surface area (Å²) >= 11 is 6.23. The van der Waals surface area contributed by atoms with Crippen LogP contribution in [0.25, 0.3) is 0 Å². The van der Waals surface area contributed by atoms with Gasteiger partial charge < -0.3 is 10.1 Å². The van der Waals surface area contributed by atoms with Crippen LogP contribution < -0.4 is 10.1 Å². The molecule has 0 heterocycles. The largest absolute Gasteiger partial charge is 0.495 e. The van der Waals surface area contributed by atoms with Crippen molar-refractivity contribution in [3.63, 3.8) is 0 Å². The molecule has 0 aliphatic heterocycles. The fraction of sp³-hybridized carbons (Fsp3) is 0.667. The molecule has 1 saturated carbocycles. The molecule has 1 aromatic rings. The lowest BCUT2D eigenvalue weighted by atomic mass is 9.68. The van der Waals surface area contributed by atoms with Gasteiger partial charge in [0.15, 0.2) is 0 Å². The highest BCUT2D eigenvalue weighted by Gasteiger charge is 2.30. The highest BCUT2D eigenvalue weighted by atomic mass is 35.5. The zero-order valence-corrected chi connectivity index (χ0v) is 14.1. The van der Waals surface area contributed by atoms with Crippen LogP contribution >= 0.6 is 11.6 Å². The number of ether oxygens (including phenoxy) is 1. The maximum Gasteiger partial charge on any atom is 0.137 e. The van der Waals surface area contributed by atoms with Crippen molar-refractivity contribution in [2.75, 3.05) is 20.7 Å². The first-order valence-electron chi connectivity index (χ1n) is 8.16. The Hall–Kier alpha value is -0.730. The van der Waals surface area contributed by atoms with Crippen LogP contribution in [0.15, 0.2) is 18.2 Å². The molecule has 0 aromatic heterocycles. The van der Waals surface area contributed by atoms with E-state index in [0.717, 1.165) is 23.7 Å². The molecule has 1 aliphatic carbocycles. The quantitative estimate of drug-likeness (QED) is 0.778. The molecule has 3 heteroatoms. The molecule has 1 aromatic carbocycles. The first-order chi connectivity index (χ1) is 10.2. The van der Waals surface area contributed by atoms with E-state index >= 15 is 0 Å². The Bertz CT molecular complexity index is 441. The molecule has 0 radical (unpaired) electrons. The zero-order chi connectivity index (χ0) is 15.1. The number of rotatable bonds is 7. The number of hydrogen-bond donors (Lipinski definition) is 1. The third kappa shape index (κ3) is 4.62. The van der Waals surface area contributed by atoms with Gasteiger partial charge in [-0.25, -0.2) is 0 Å². The topological polar surface area (TPSA) is 21.3 Å². The third-order valence-electron chi connectivity index (χ3n) is 4.98. The van der Waals surface area contributed by atoms with Crippen LogP contribution in [-0.4, -0.2) is 20.7 Å². The molecule has 21 heavy (non-hydrogen) atoms. The molecule has 0 unspecified atom stereocenters. The Kier molecular flexibility index (Phi) is 6.38. The summed E-state index contributed by atoms with van der Waals surface area (Å²) in [4.78, 5) is 0. The van der Waals surface area contributed by atoms with Crippen molar-refractivity contribution in [3.8, 4) is 5.75 Å². The lowest BCUT2D eigenvalue weighted by Gasteiger charge is -2.38.